The molecule has 4 fully saturated rings. The standard InChI is InChI=1S/C17H25NO2/c19-16(20)15-6-11(10-18-15)1-2-17-7-12-3-13(8-17)5-14(4-12)9-17/h6,12-15,18H,1-5,7-10H2,(H,19,20). The highest BCUT2D eigenvalue weighted by Gasteiger charge is 2.50. The van der Waals surface area contributed by atoms with Crippen molar-refractivity contribution in [2.24, 2.45) is 23.2 Å². The van der Waals surface area contributed by atoms with Gasteiger partial charge in [0, 0.05) is 6.54 Å². The van der Waals surface area contributed by atoms with Crippen molar-refractivity contribution in [2.45, 2.75) is 57.4 Å². The van der Waals surface area contributed by atoms with Crippen molar-refractivity contribution in [1.82, 2.24) is 5.32 Å². The number of carboxylic acid groups (broad SMARTS) is 1. The molecule has 1 heterocycles. The molecular formula is C17H25NO2. The van der Waals surface area contributed by atoms with E-state index in [4.69, 9.17) is 5.11 Å². The fourth-order valence-corrected chi connectivity index (χ4v) is 5.95. The van der Waals surface area contributed by atoms with Gasteiger partial charge in [-0.1, -0.05) is 11.6 Å². The first-order valence-electron chi connectivity index (χ1n) is 8.28. The van der Waals surface area contributed by atoms with Crippen LogP contribution in [0.5, 0.6) is 0 Å². The first kappa shape index (κ1) is 12.9. The Bertz CT molecular complexity index is 419. The van der Waals surface area contributed by atoms with Gasteiger partial charge >= 0.3 is 5.97 Å². The van der Waals surface area contributed by atoms with Gasteiger partial charge in [-0.25, -0.2) is 0 Å². The van der Waals surface area contributed by atoms with Gasteiger partial charge in [-0.05, 0) is 74.5 Å². The number of nitrogens with one attached hydrogen (secondary N) is 1. The van der Waals surface area contributed by atoms with Crippen LogP contribution in [0.15, 0.2) is 11.6 Å². The normalized spacial score (nSPS) is 45.7. The highest BCUT2D eigenvalue weighted by molar-refractivity contribution is 5.76. The highest BCUT2D eigenvalue weighted by Crippen LogP contribution is 2.61. The second kappa shape index (κ2) is 4.59. The Labute approximate surface area is 120 Å². The van der Waals surface area contributed by atoms with Crippen LogP contribution in [0, 0.1) is 23.2 Å². The van der Waals surface area contributed by atoms with Crippen LogP contribution in [0.2, 0.25) is 0 Å². The van der Waals surface area contributed by atoms with Crippen molar-refractivity contribution in [3.63, 3.8) is 0 Å². The number of hydrogen-bond acceptors (Lipinski definition) is 2. The molecule has 5 aliphatic rings. The maximum absolute atomic E-state index is 11.0. The van der Waals surface area contributed by atoms with Crippen LogP contribution in [0.25, 0.3) is 0 Å². The number of aliphatic carboxylic acids is 1. The van der Waals surface area contributed by atoms with Gasteiger partial charge in [-0.2, -0.15) is 0 Å². The average molecular weight is 275 g/mol. The van der Waals surface area contributed by atoms with Crippen molar-refractivity contribution >= 4 is 5.97 Å². The van der Waals surface area contributed by atoms with E-state index in [2.05, 4.69) is 5.32 Å². The lowest BCUT2D eigenvalue weighted by atomic mass is 9.48. The third kappa shape index (κ3) is 2.20. The number of hydrogen-bond donors (Lipinski definition) is 2. The number of carbonyl (C=O) groups is 1. The van der Waals surface area contributed by atoms with E-state index < -0.39 is 12.0 Å². The van der Waals surface area contributed by atoms with Crippen molar-refractivity contribution in [3.05, 3.63) is 11.6 Å². The monoisotopic (exact) mass is 275 g/mol. The van der Waals surface area contributed by atoms with Crippen molar-refractivity contribution in [2.75, 3.05) is 6.54 Å². The molecule has 3 heteroatoms. The van der Waals surface area contributed by atoms with E-state index in [1.165, 1.54) is 50.5 Å². The fourth-order valence-electron chi connectivity index (χ4n) is 5.95. The molecule has 20 heavy (non-hydrogen) atoms. The van der Waals surface area contributed by atoms with Gasteiger partial charge in [0.2, 0.25) is 0 Å². The quantitative estimate of drug-likeness (QED) is 0.776. The first-order valence-corrected chi connectivity index (χ1v) is 8.28. The lowest BCUT2D eigenvalue weighted by molar-refractivity contribution is -0.137. The van der Waals surface area contributed by atoms with Crippen molar-refractivity contribution in [3.8, 4) is 0 Å². The van der Waals surface area contributed by atoms with Crippen molar-refractivity contribution in [1.29, 1.82) is 0 Å². The van der Waals surface area contributed by atoms with E-state index in [1.54, 1.807) is 0 Å². The molecule has 2 N–H and O–H groups in total. The second-order valence-electron chi connectivity index (χ2n) is 7.94. The molecular weight excluding hydrogens is 250 g/mol. The van der Waals surface area contributed by atoms with Gasteiger partial charge in [0.05, 0.1) is 0 Å². The smallest absolute Gasteiger partial charge is 0.324 e. The molecule has 1 aliphatic heterocycles. The van der Waals surface area contributed by atoms with E-state index in [0.29, 0.717) is 5.41 Å². The molecule has 0 radical (unpaired) electrons. The summed E-state index contributed by atoms with van der Waals surface area (Å²) in [4.78, 5) is 11.0. The summed E-state index contributed by atoms with van der Waals surface area (Å²) in [5.74, 6) is 2.31. The summed E-state index contributed by atoms with van der Waals surface area (Å²) >= 11 is 0. The maximum atomic E-state index is 11.0. The number of carboxylic acids is 1. The number of rotatable bonds is 4. The third-order valence-electron chi connectivity index (χ3n) is 6.36. The van der Waals surface area contributed by atoms with Gasteiger partial charge in [0.1, 0.15) is 6.04 Å². The van der Waals surface area contributed by atoms with E-state index in [-0.39, 0.29) is 0 Å². The minimum atomic E-state index is -0.741. The molecule has 3 nitrogen and oxygen atoms in total. The Balaban J connectivity index is 1.40. The lowest BCUT2D eigenvalue weighted by Crippen LogP contribution is -2.46. The highest BCUT2D eigenvalue weighted by atomic mass is 16.4. The minimum Gasteiger partial charge on any atom is -0.480 e. The fraction of sp³-hybridized carbons (Fsp3) is 0.824. The maximum Gasteiger partial charge on any atom is 0.324 e. The van der Waals surface area contributed by atoms with Crippen LogP contribution < -0.4 is 5.32 Å². The molecule has 5 rings (SSSR count). The van der Waals surface area contributed by atoms with E-state index >= 15 is 0 Å². The van der Waals surface area contributed by atoms with Crippen LogP contribution in [-0.4, -0.2) is 23.7 Å². The van der Waals surface area contributed by atoms with Gasteiger partial charge in [-0.3, -0.25) is 10.1 Å². The Morgan fingerprint density at radius 3 is 2.30 bits per heavy atom. The zero-order chi connectivity index (χ0) is 13.7. The van der Waals surface area contributed by atoms with Crippen LogP contribution in [0.4, 0.5) is 0 Å². The van der Waals surface area contributed by atoms with Gasteiger partial charge in [0.15, 0.2) is 0 Å². The predicted octanol–water partition coefficient (Wildman–Crippen LogP) is 2.97. The molecule has 0 saturated heterocycles. The summed E-state index contributed by atoms with van der Waals surface area (Å²) in [6, 6.07) is -0.443. The summed E-state index contributed by atoms with van der Waals surface area (Å²) in [6.07, 6.45) is 13.3. The Morgan fingerprint density at radius 1 is 1.20 bits per heavy atom. The van der Waals surface area contributed by atoms with Crippen LogP contribution in [-0.2, 0) is 4.79 Å². The van der Waals surface area contributed by atoms with Crippen LogP contribution in [0.3, 0.4) is 0 Å². The van der Waals surface area contributed by atoms with Gasteiger partial charge in [0.25, 0.3) is 0 Å². The van der Waals surface area contributed by atoms with E-state index in [1.807, 2.05) is 6.08 Å². The molecule has 1 atom stereocenters. The molecule has 4 saturated carbocycles. The van der Waals surface area contributed by atoms with Gasteiger partial charge in [-0.15, -0.1) is 0 Å². The molecule has 4 bridgehead atoms. The summed E-state index contributed by atoms with van der Waals surface area (Å²) in [5.41, 5.74) is 1.95. The predicted molar refractivity (Wildman–Crippen MR) is 77.3 cm³/mol. The third-order valence-corrected chi connectivity index (χ3v) is 6.36. The molecule has 0 aromatic heterocycles. The molecule has 4 aliphatic carbocycles. The Kier molecular flexibility index (Phi) is 2.95. The first-order chi connectivity index (χ1) is 9.62. The van der Waals surface area contributed by atoms with Crippen LogP contribution in [0.1, 0.15) is 51.4 Å². The van der Waals surface area contributed by atoms with E-state index in [9.17, 15) is 4.79 Å². The second-order valence-corrected chi connectivity index (χ2v) is 7.94. The molecule has 110 valence electrons. The lowest BCUT2D eigenvalue weighted by Gasteiger charge is -2.57. The topological polar surface area (TPSA) is 49.3 Å². The summed E-state index contributed by atoms with van der Waals surface area (Å²) in [7, 11) is 0. The summed E-state index contributed by atoms with van der Waals surface area (Å²) in [6.45, 7) is 0.781. The van der Waals surface area contributed by atoms with Gasteiger partial charge < -0.3 is 5.11 Å². The zero-order valence-electron chi connectivity index (χ0n) is 12.1. The molecule has 0 spiro atoms. The SMILES string of the molecule is O=C(O)C1C=C(CCC23CC4CC(CC(C4)C2)C3)CN1. The summed E-state index contributed by atoms with van der Waals surface area (Å²) in [5, 5.41) is 12.1. The summed E-state index contributed by atoms with van der Waals surface area (Å²) < 4.78 is 0. The average Bonchev–Trinajstić information content (AvgIpc) is 2.84. The molecule has 0 aromatic rings. The Hall–Kier alpha value is -0.830. The van der Waals surface area contributed by atoms with E-state index in [0.717, 1.165) is 30.7 Å². The largest absolute Gasteiger partial charge is 0.480 e. The Morgan fingerprint density at radius 2 is 1.80 bits per heavy atom. The molecule has 0 amide bonds. The molecule has 0 aromatic carbocycles. The zero-order valence-corrected chi connectivity index (χ0v) is 12.1. The van der Waals surface area contributed by atoms with Crippen molar-refractivity contribution < 1.29 is 9.90 Å². The minimum absolute atomic E-state index is 0.443. The van der Waals surface area contributed by atoms with Crippen LogP contribution >= 0.6 is 0 Å². The molecule has 1 unspecified atom stereocenters.